The molecule has 72 valence electrons. The van der Waals surface area contributed by atoms with Crippen molar-refractivity contribution in [2.75, 3.05) is 12.8 Å². The predicted molar refractivity (Wildman–Crippen MR) is 44.9 cm³/mol. The Bertz CT molecular complexity index is 315. The zero-order valence-electron chi connectivity index (χ0n) is 7.34. The highest BCUT2D eigenvalue weighted by Gasteiger charge is 2.15. The Morgan fingerprint density at radius 2 is 2.15 bits per heavy atom. The van der Waals surface area contributed by atoms with Gasteiger partial charge in [-0.25, -0.2) is 13.8 Å². The zero-order valence-corrected chi connectivity index (χ0v) is 7.34. The second kappa shape index (κ2) is 3.55. The summed E-state index contributed by atoms with van der Waals surface area (Å²) >= 11 is 0. The van der Waals surface area contributed by atoms with E-state index >= 15 is 0 Å². The van der Waals surface area contributed by atoms with E-state index in [2.05, 4.69) is 4.98 Å². The molecule has 0 saturated heterocycles. The molecular formula is C8H10F2N2O. The first-order chi connectivity index (χ1) is 6.06. The number of anilines is 1. The highest BCUT2D eigenvalue weighted by atomic mass is 19.3. The van der Waals surface area contributed by atoms with Crippen molar-refractivity contribution in [3.05, 3.63) is 17.5 Å². The summed E-state index contributed by atoms with van der Waals surface area (Å²) in [6.07, 6.45) is -2.65. The minimum Gasteiger partial charge on any atom is -0.495 e. The Hall–Kier alpha value is -1.39. The van der Waals surface area contributed by atoms with E-state index in [4.69, 9.17) is 10.5 Å². The molecule has 1 rings (SSSR count). The molecule has 0 saturated carbocycles. The molecule has 0 aliphatic carbocycles. The van der Waals surface area contributed by atoms with Crippen molar-refractivity contribution < 1.29 is 13.5 Å². The lowest BCUT2D eigenvalue weighted by molar-refractivity contribution is 0.146. The van der Waals surface area contributed by atoms with E-state index in [1.807, 2.05) is 0 Å². The summed E-state index contributed by atoms with van der Waals surface area (Å²) in [6, 6.07) is 1.35. The van der Waals surface area contributed by atoms with E-state index in [1.165, 1.54) is 13.2 Å². The molecular weight excluding hydrogens is 178 g/mol. The fourth-order valence-electron chi connectivity index (χ4n) is 1.00. The number of nitrogens with zero attached hydrogens (tertiary/aromatic N) is 1. The molecule has 0 bridgehead atoms. The Balaban J connectivity index is 3.20. The second-order valence-electron chi connectivity index (χ2n) is 2.55. The molecule has 0 unspecified atom stereocenters. The highest BCUT2D eigenvalue weighted by Crippen LogP contribution is 2.27. The number of alkyl halides is 2. The molecule has 0 aliphatic heterocycles. The number of aromatic nitrogens is 1. The minimum absolute atomic E-state index is 0.0440. The van der Waals surface area contributed by atoms with Gasteiger partial charge in [0.15, 0.2) is 0 Å². The normalized spacial score (nSPS) is 10.5. The van der Waals surface area contributed by atoms with Crippen LogP contribution in [0.15, 0.2) is 6.07 Å². The minimum atomic E-state index is -2.65. The summed E-state index contributed by atoms with van der Waals surface area (Å²) in [7, 11) is 1.44. The fourth-order valence-corrected chi connectivity index (χ4v) is 1.00. The zero-order chi connectivity index (χ0) is 10.0. The molecule has 1 aromatic rings. The van der Waals surface area contributed by atoms with Gasteiger partial charge in [0.2, 0.25) is 0 Å². The molecule has 13 heavy (non-hydrogen) atoms. The summed E-state index contributed by atoms with van der Waals surface area (Å²) in [5, 5.41) is 0. The van der Waals surface area contributed by atoms with Gasteiger partial charge >= 0.3 is 0 Å². The fraction of sp³-hybridized carbons (Fsp3) is 0.375. The van der Waals surface area contributed by atoms with Crippen molar-refractivity contribution in [2.24, 2.45) is 0 Å². The monoisotopic (exact) mass is 188 g/mol. The quantitative estimate of drug-likeness (QED) is 0.771. The van der Waals surface area contributed by atoms with Crippen LogP contribution in [-0.2, 0) is 0 Å². The topological polar surface area (TPSA) is 48.1 Å². The predicted octanol–water partition coefficient (Wildman–Crippen LogP) is 1.92. The largest absolute Gasteiger partial charge is 0.495 e. The van der Waals surface area contributed by atoms with E-state index in [-0.39, 0.29) is 5.69 Å². The summed E-state index contributed by atoms with van der Waals surface area (Å²) in [6.45, 7) is 1.59. The van der Waals surface area contributed by atoms with Crippen LogP contribution in [0.2, 0.25) is 0 Å². The molecule has 0 aromatic carbocycles. The van der Waals surface area contributed by atoms with Crippen LogP contribution in [0.3, 0.4) is 0 Å². The van der Waals surface area contributed by atoms with Crippen molar-refractivity contribution in [1.82, 2.24) is 4.98 Å². The van der Waals surface area contributed by atoms with E-state index in [1.54, 1.807) is 6.92 Å². The first-order valence-electron chi connectivity index (χ1n) is 3.65. The van der Waals surface area contributed by atoms with Crippen molar-refractivity contribution in [2.45, 2.75) is 13.3 Å². The smallest absolute Gasteiger partial charge is 0.282 e. The molecule has 1 heterocycles. The first-order valence-corrected chi connectivity index (χ1v) is 3.65. The number of aryl methyl sites for hydroxylation is 1. The number of ether oxygens (including phenoxy) is 1. The Kier molecular flexibility index (Phi) is 2.65. The molecule has 1 aromatic heterocycles. The van der Waals surface area contributed by atoms with E-state index in [9.17, 15) is 8.78 Å². The van der Waals surface area contributed by atoms with Crippen LogP contribution in [0.4, 0.5) is 14.5 Å². The number of halogens is 2. The van der Waals surface area contributed by atoms with Crippen molar-refractivity contribution in [3.8, 4) is 5.75 Å². The maximum atomic E-state index is 12.3. The maximum absolute atomic E-state index is 12.3. The average molecular weight is 188 g/mol. The first kappa shape index (κ1) is 9.70. The summed E-state index contributed by atoms with van der Waals surface area (Å²) in [5.41, 5.74) is 5.32. The molecule has 0 aliphatic rings. The van der Waals surface area contributed by atoms with Crippen molar-refractivity contribution in [1.29, 1.82) is 0 Å². The molecule has 0 spiro atoms. The van der Waals surface area contributed by atoms with Gasteiger partial charge in [0.25, 0.3) is 6.43 Å². The van der Waals surface area contributed by atoms with Gasteiger partial charge in [0, 0.05) is 6.07 Å². The lowest BCUT2D eigenvalue weighted by Crippen LogP contribution is -2.02. The molecule has 0 radical (unpaired) electrons. The standard InChI is InChI=1S/C8H10F2N2O/c1-4-6(13-2)3-5(11)7(12-4)8(9)10/h3,8H,11H2,1-2H3. The van der Waals surface area contributed by atoms with Gasteiger partial charge in [-0.3, -0.25) is 0 Å². The SMILES string of the molecule is COc1cc(N)c(C(F)F)nc1C. The van der Waals surface area contributed by atoms with Gasteiger partial charge in [-0.2, -0.15) is 0 Å². The van der Waals surface area contributed by atoms with Crippen LogP contribution < -0.4 is 10.5 Å². The van der Waals surface area contributed by atoms with Crippen LogP contribution >= 0.6 is 0 Å². The number of hydrogen-bond donors (Lipinski definition) is 1. The third kappa shape index (κ3) is 1.85. The number of nitrogen functional groups attached to an aromatic ring is 1. The summed E-state index contributed by atoms with van der Waals surface area (Å²) in [5.74, 6) is 0.418. The Labute approximate surface area is 74.5 Å². The van der Waals surface area contributed by atoms with Gasteiger partial charge in [-0.15, -0.1) is 0 Å². The van der Waals surface area contributed by atoms with Crippen LogP contribution in [0, 0.1) is 6.92 Å². The van der Waals surface area contributed by atoms with Crippen LogP contribution in [0.5, 0.6) is 5.75 Å². The molecule has 3 nitrogen and oxygen atoms in total. The van der Waals surface area contributed by atoms with Crippen molar-refractivity contribution >= 4 is 5.69 Å². The number of nitrogens with two attached hydrogens (primary N) is 1. The molecule has 5 heteroatoms. The molecule has 2 N–H and O–H groups in total. The lowest BCUT2D eigenvalue weighted by atomic mass is 10.2. The second-order valence-corrected chi connectivity index (χ2v) is 2.55. The van der Waals surface area contributed by atoms with Gasteiger partial charge in [0.1, 0.15) is 11.4 Å². The summed E-state index contributed by atoms with van der Waals surface area (Å²) < 4.78 is 29.4. The van der Waals surface area contributed by atoms with Crippen LogP contribution in [0.25, 0.3) is 0 Å². The maximum Gasteiger partial charge on any atom is 0.282 e. The average Bonchev–Trinajstić information content (AvgIpc) is 2.07. The van der Waals surface area contributed by atoms with E-state index < -0.39 is 12.1 Å². The van der Waals surface area contributed by atoms with Crippen LogP contribution in [-0.4, -0.2) is 12.1 Å². The van der Waals surface area contributed by atoms with E-state index in [0.717, 1.165) is 0 Å². The van der Waals surface area contributed by atoms with Gasteiger partial charge in [-0.1, -0.05) is 0 Å². The Morgan fingerprint density at radius 1 is 1.54 bits per heavy atom. The lowest BCUT2D eigenvalue weighted by Gasteiger charge is -2.08. The Morgan fingerprint density at radius 3 is 2.62 bits per heavy atom. The molecule has 0 fully saturated rings. The van der Waals surface area contributed by atoms with Crippen LogP contribution in [0.1, 0.15) is 17.8 Å². The van der Waals surface area contributed by atoms with Crippen molar-refractivity contribution in [3.63, 3.8) is 0 Å². The van der Waals surface area contributed by atoms with Gasteiger partial charge in [-0.05, 0) is 6.92 Å². The number of pyridine rings is 1. The highest BCUT2D eigenvalue weighted by molar-refractivity contribution is 5.50. The third-order valence-corrected chi connectivity index (χ3v) is 1.65. The number of methoxy groups -OCH3 is 1. The molecule has 0 atom stereocenters. The number of rotatable bonds is 2. The molecule has 0 amide bonds. The van der Waals surface area contributed by atoms with Gasteiger partial charge in [0.05, 0.1) is 18.5 Å². The summed E-state index contributed by atoms with van der Waals surface area (Å²) in [4.78, 5) is 3.64. The third-order valence-electron chi connectivity index (χ3n) is 1.65. The number of hydrogen-bond acceptors (Lipinski definition) is 3. The van der Waals surface area contributed by atoms with Gasteiger partial charge < -0.3 is 10.5 Å². The van der Waals surface area contributed by atoms with E-state index in [0.29, 0.717) is 11.4 Å².